The normalized spacial score (nSPS) is 10.6. The molecule has 0 fully saturated rings. The summed E-state index contributed by atoms with van der Waals surface area (Å²) in [4.78, 5) is 0. The fourth-order valence-corrected chi connectivity index (χ4v) is 3.53. The van der Waals surface area contributed by atoms with E-state index in [0.717, 1.165) is 48.3 Å². The minimum absolute atomic E-state index is 0.716. The minimum Gasteiger partial charge on any atom is -0.496 e. The number of unbranched alkanes of at least 4 members (excludes halogenated alkanes) is 1. The zero-order chi connectivity index (χ0) is 19.1. The molecular weight excluding hydrogens is 356 g/mol. The Bertz CT molecular complexity index is 889. The van der Waals surface area contributed by atoms with Crippen molar-refractivity contribution in [3.8, 4) is 22.6 Å². The van der Waals surface area contributed by atoms with Gasteiger partial charge in [0.25, 0.3) is 0 Å². The van der Waals surface area contributed by atoms with Crippen molar-refractivity contribution in [2.75, 3.05) is 14.2 Å². The lowest BCUT2D eigenvalue weighted by atomic mass is 9.98. The molecule has 0 saturated heterocycles. The van der Waals surface area contributed by atoms with Crippen LogP contribution in [-0.2, 0) is 12.8 Å². The van der Waals surface area contributed by atoms with Crippen LogP contribution in [0.1, 0.15) is 24.0 Å². The van der Waals surface area contributed by atoms with Crippen LogP contribution in [0, 0.1) is 0 Å². The Hall–Kier alpha value is -2.45. The molecule has 0 aliphatic heterocycles. The minimum atomic E-state index is 0.716. The molecule has 0 aromatic heterocycles. The third kappa shape index (κ3) is 5.05. The average molecular weight is 381 g/mol. The maximum atomic E-state index is 6.18. The second-order valence-corrected chi connectivity index (χ2v) is 7.00. The average Bonchev–Trinajstić information content (AvgIpc) is 2.71. The summed E-state index contributed by atoms with van der Waals surface area (Å²) in [6.07, 6.45) is 4.34. The Kier molecular flexibility index (Phi) is 6.78. The van der Waals surface area contributed by atoms with Gasteiger partial charge in [0.15, 0.2) is 0 Å². The first-order valence-electron chi connectivity index (χ1n) is 9.26. The summed E-state index contributed by atoms with van der Waals surface area (Å²) in [5.74, 6) is 1.82. The zero-order valence-corrected chi connectivity index (χ0v) is 16.6. The third-order valence-corrected chi connectivity index (χ3v) is 4.99. The van der Waals surface area contributed by atoms with Crippen LogP contribution in [0.25, 0.3) is 11.1 Å². The summed E-state index contributed by atoms with van der Waals surface area (Å²) in [5.41, 5.74) is 4.77. The molecule has 0 N–H and O–H groups in total. The molecule has 27 heavy (non-hydrogen) atoms. The van der Waals surface area contributed by atoms with E-state index in [0.29, 0.717) is 5.02 Å². The second kappa shape index (κ2) is 9.48. The van der Waals surface area contributed by atoms with Crippen LogP contribution in [0.4, 0.5) is 0 Å². The first kappa shape index (κ1) is 19.3. The molecule has 0 atom stereocenters. The molecule has 0 saturated carbocycles. The first-order valence-corrected chi connectivity index (χ1v) is 9.64. The summed E-state index contributed by atoms with van der Waals surface area (Å²) in [6.45, 7) is 0. The van der Waals surface area contributed by atoms with Crippen molar-refractivity contribution in [3.63, 3.8) is 0 Å². The van der Waals surface area contributed by atoms with E-state index in [1.807, 2.05) is 30.3 Å². The van der Waals surface area contributed by atoms with Gasteiger partial charge in [-0.25, -0.2) is 0 Å². The molecule has 3 rings (SSSR count). The molecule has 0 unspecified atom stereocenters. The summed E-state index contributed by atoms with van der Waals surface area (Å²) < 4.78 is 10.9. The van der Waals surface area contributed by atoms with E-state index in [-0.39, 0.29) is 0 Å². The van der Waals surface area contributed by atoms with Crippen LogP contribution in [0.5, 0.6) is 11.5 Å². The SMILES string of the molecule is COc1ccccc1CCCCc1cccc(-c2cc(Cl)ccc2OC)c1. The molecule has 2 nitrogen and oxygen atoms in total. The van der Waals surface area contributed by atoms with E-state index >= 15 is 0 Å². The molecule has 0 spiro atoms. The van der Waals surface area contributed by atoms with Crippen molar-refractivity contribution in [2.45, 2.75) is 25.7 Å². The Morgan fingerprint density at radius 3 is 2.33 bits per heavy atom. The van der Waals surface area contributed by atoms with E-state index in [4.69, 9.17) is 21.1 Å². The van der Waals surface area contributed by atoms with Crippen molar-refractivity contribution in [1.29, 1.82) is 0 Å². The van der Waals surface area contributed by atoms with E-state index in [1.54, 1.807) is 14.2 Å². The molecule has 0 heterocycles. The number of rotatable bonds is 8. The van der Waals surface area contributed by atoms with Crippen LogP contribution >= 0.6 is 11.6 Å². The maximum Gasteiger partial charge on any atom is 0.126 e. The number of hydrogen-bond donors (Lipinski definition) is 0. The Morgan fingerprint density at radius 2 is 1.52 bits per heavy atom. The number of hydrogen-bond acceptors (Lipinski definition) is 2. The standard InChI is InChI=1S/C24H25ClO2/c1-26-23-13-6-5-11-19(23)10-4-3-8-18-9-7-12-20(16-18)22-17-21(25)14-15-24(22)27-2/h5-7,9,11-17H,3-4,8,10H2,1-2H3. The largest absolute Gasteiger partial charge is 0.496 e. The molecule has 3 heteroatoms. The summed E-state index contributed by atoms with van der Waals surface area (Å²) in [6, 6.07) is 22.6. The Balaban J connectivity index is 1.64. The van der Waals surface area contributed by atoms with E-state index in [9.17, 15) is 0 Å². The molecule has 140 valence electrons. The number of halogens is 1. The molecule has 3 aromatic rings. The van der Waals surface area contributed by atoms with E-state index < -0.39 is 0 Å². The van der Waals surface area contributed by atoms with Gasteiger partial charge < -0.3 is 9.47 Å². The second-order valence-electron chi connectivity index (χ2n) is 6.56. The summed E-state index contributed by atoms with van der Waals surface area (Å²) in [5, 5.41) is 0.716. The maximum absolute atomic E-state index is 6.18. The van der Waals surface area contributed by atoms with Gasteiger partial charge in [-0.2, -0.15) is 0 Å². The van der Waals surface area contributed by atoms with Crippen molar-refractivity contribution in [2.24, 2.45) is 0 Å². The highest BCUT2D eigenvalue weighted by atomic mass is 35.5. The van der Waals surface area contributed by atoms with Crippen LogP contribution in [0.2, 0.25) is 5.02 Å². The monoisotopic (exact) mass is 380 g/mol. The van der Waals surface area contributed by atoms with Crippen molar-refractivity contribution >= 4 is 11.6 Å². The molecule has 3 aromatic carbocycles. The van der Waals surface area contributed by atoms with Crippen molar-refractivity contribution in [1.82, 2.24) is 0 Å². The fraction of sp³-hybridized carbons (Fsp3) is 0.250. The quantitative estimate of drug-likeness (QED) is 0.410. The van der Waals surface area contributed by atoms with Crippen molar-refractivity contribution < 1.29 is 9.47 Å². The van der Waals surface area contributed by atoms with Gasteiger partial charge in [-0.3, -0.25) is 0 Å². The number of methoxy groups -OCH3 is 2. The Morgan fingerprint density at radius 1 is 0.741 bits per heavy atom. The molecule has 0 aliphatic carbocycles. The van der Waals surface area contributed by atoms with Crippen LogP contribution in [0.15, 0.2) is 66.7 Å². The van der Waals surface area contributed by atoms with Crippen molar-refractivity contribution in [3.05, 3.63) is 82.9 Å². The third-order valence-electron chi connectivity index (χ3n) is 4.75. The zero-order valence-electron chi connectivity index (χ0n) is 15.9. The van der Waals surface area contributed by atoms with Gasteiger partial charge in [0.2, 0.25) is 0 Å². The lowest BCUT2D eigenvalue weighted by Gasteiger charge is -2.11. The molecule has 0 aliphatic rings. The predicted molar refractivity (Wildman–Crippen MR) is 113 cm³/mol. The highest BCUT2D eigenvalue weighted by molar-refractivity contribution is 6.31. The lowest BCUT2D eigenvalue weighted by molar-refractivity contribution is 0.409. The van der Waals surface area contributed by atoms with E-state index in [2.05, 4.69) is 36.4 Å². The van der Waals surface area contributed by atoms with Gasteiger partial charge in [0.1, 0.15) is 11.5 Å². The highest BCUT2D eigenvalue weighted by Gasteiger charge is 2.08. The van der Waals surface area contributed by atoms with Gasteiger partial charge in [-0.05, 0) is 66.6 Å². The van der Waals surface area contributed by atoms with Gasteiger partial charge in [0.05, 0.1) is 14.2 Å². The fourth-order valence-electron chi connectivity index (χ4n) is 3.35. The molecule has 0 amide bonds. The number of benzene rings is 3. The number of ether oxygens (including phenoxy) is 2. The first-order chi connectivity index (χ1) is 13.2. The van der Waals surface area contributed by atoms with Gasteiger partial charge in [-0.15, -0.1) is 0 Å². The van der Waals surface area contributed by atoms with Gasteiger partial charge >= 0.3 is 0 Å². The summed E-state index contributed by atoms with van der Waals surface area (Å²) in [7, 11) is 3.42. The Labute approximate surface area is 166 Å². The molecular formula is C24H25ClO2. The molecule has 0 radical (unpaired) electrons. The smallest absolute Gasteiger partial charge is 0.126 e. The van der Waals surface area contributed by atoms with Gasteiger partial charge in [-0.1, -0.05) is 54.1 Å². The summed E-state index contributed by atoms with van der Waals surface area (Å²) >= 11 is 6.18. The molecule has 0 bridgehead atoms. The van der Waals surface area contributed by atoms with Crippen LogP contribution in [0.3, 0.4) is 0 Å². The topological polar surface area (TPSA) is 18.5 Å². The number of para-hydroxylation sites is 1. The predicted octanol–water partition coefficient (Wildman–Crippen LogP) is 6.59. The number of aryl methyl sites for hydroxylation is 2. The lowest BCUT2D eigenvalue weighted by Crippen LogP contribution is -1.94. The van der Waals surface area contributed by atoms with Gasteiger partial charge in [0, 0.05) is 10.6 Å². The van der Waals surface area contributed by atoms with E-state index in [1.165, 1.54) is 11.1 Å². The van der Waals surface area contributed by atoms with Crippen LogP contribution < -0.4 is 9.47 Å². The van der Waals surface area contributed by atoms with Crippen LogP contribution in [-0.4, -0.2) is 14.2 Å². The highest BCUT2D eigenvalue weighted by Crippen LogP contribution is 2.33.